The monoisotopic (exact) mass is 391 g/mol. The second-order valence-electron chi connectivity index (χ2n) is 7.55. The summed E-state index contributed by atoms with van der Waals surface area (Å²) in [5, 5.41) is 0. The van der Waals surface area contributed by atoms with E-state index in [4.69, 9.17) is 9.40 Å². The number of aromatic nitrogens is 3. The quantitative estimate of drug-likeness (QED) is 0.635. The van der Waals surface area contributed by atoms with Gasteiger partial charge >= 0.3 is 0 Å². The van der Waals surface area contributed by atoms with Gasteiger partial charge in [0.15, 0.2) is 5.58 Å². The molecule has 1 fully saturated rings. The lowest BCUT2D eigenvalue weighted by Crippen LogP contribution is -2.48. The topological polar surface area (TPSA) is 75.4 Å². The van der Waals surface area contributed by atoms with E-state index in [-0.39, 0.29) is 11.8 Å². The molecule has 0 N–H and O–H groups in total. The maximum absolute atomic E-state index is 12.6. The Labute approximate surface area is 170 Å². The molecule has 1 aromatic carbocycles. The Hall–Kier alpha value is -3.22. The number of hydrogen-bond acceptors (Lipinski definition) is 6. The molecule has 0 saturated carbocycles. The van der Waals surface area contributed by atoms with Crippen LogP contribution in [0.2, 0.25) is 0 Å². The number of piperazine rings is 1. The number of anilines is 1. The molecule has 0 aliphatic carbocycles. The second kappa shape index (κ2) is 8.03. The minimum absolute atomic E-state index is 0.0337. The van der Waals surface area contributed by atoms with Crippen LogP contribution in [0.1, 0.15) is 37.2 Å². The van der Waals surface area contributed by atoms with Crippen LogP contribution in [0.4, 0.5) is 5.82 Å². The van der Waals surface area contributed by atoms with E-state index >= 15 is 0 Å². The van der Waals surface area contributed by atoms with E-state index < -0.39 is 0 Å². The van der Waals surface area contributed by atoms with Gasteiger partial charge in [-0.15, -0.1) is 0 Å². The Balaban J connectivity index is 1.38. The van der Waals surface area contributed by atoms with E-state index in [1.54, 1.807) is 6.08 Å². The molecule has 3 aromatic rings. The average Bonchev–Trinajstić information content (AvgIpc) is 3.14. The highest BCUT2D eigenvalue weighted by Gasteiger charge is 2.21. The second-order valence-corrected chi connectivity index (χ2v) is 7.55. The maximum atomic E-state index is 12.6. The third kappa shape index (κ3) is 4.29. The van der Waals surface area contributed by atoms with Gasteiger partial charge in [0.25, 0.3) is 0 Å². The van der Waals surface area contributed by atoms with Crippen LogP contribution >= 0.6 is 0 Å². The minimum Gasteiger partial charge on any atom is -0.437 e. The number of carbonyl (C=O) groups is 1. The molecule has 0 radical (unpaired) electrons. The fourth-order valence-corrected chi connectivity index (χ4v) is 3.36. The predicted octanol–water partition coefficient (Wildman–Crippen LogP) is 3.41. The summed E-state index contributed by atoms with van der Waals surface area (Å²) in [7, 11) is 0. The molecule has 0 unspecified atom stereocenters. The molecule has 0 bridgehead atoms. The van der Waals surface area contributed by atoms with Gasteiger partial charge in [0, 0.05) is 56.0 Å². The van der Waals surface area contributed by atoms with Crippen LogP contribution in [0.3, 0.4) is 0 Å². The standard InChI is InChI=1S/C22H25N5O2/c1-15(2)22-23-16(3)14-19(25-22)26-10-12-27(13-11-26)21(28)9-8-20-24-17-6-4-5-7-18(17)29-20/h4-9,14-15H,10-13H2,1-3H3/b9-8+. The predicted molar refractivity (Wildman–Crippen MR) is 113 cm³/mol. The first-order valence-electron chi connectivity index (χ1n) is 9.92. The number of oxazole rings is 1. The number of hydrogen-bond donors (Lipinski definition) is 0. The summed E-state index contributed by atoms with van der Waals surface area (Å²) < 4.78 is 5.63. The van der Waals surface area contributed by atoms with Gasteiger partial charge in [-0.25, -0.2) is 15.0 Å². The van der Waals surface area contributed by atoms with E-state index in [0.29, 0.717) is 24.6 Å². The zero-order chi connectivity index (χ0) is 20.4. The largest absolute Gasteiger partial charge is 0.437 e. The molecule has 150 valence electrons. The van der Waals surface area contributed by atoms with Gasteiger partial charge in [0.1, 0.15) is 17.2 Å². The molecule has 2 aromatic heterocycles. The Morgan fingerprint density at radius 2 is 1.86 bits per heavy atom. The van der Waals surface area contributed by atoms with Crippen molar-refractivity contribution in [2.75, 3.05) is 31.1 Å². The lowest BCUT2D eigenvalue weighted by molar-refractivity contribution is -0.126. The van der Waals surface area contributed by atoms with Crippen LogP contribution in [0, 0.1) is 6.92 Å². The van der Waals surface area contributed by atoms with E-state index in [2.05, 4.69) is 28.7 Å². The van der Waals surface area contributed by atoms with Crippen molar-refractivity contribution in [3.05, 3.63) is 53.8 Å². The summed E-state index contributed by atoms with van der Waals surface area (Å²) in [6.07, 6.45) is 3.17. The summed E-state index contributed by atoms with van der Waals surface area (Å²) in [6.45, 7) is 8.98. The third-order valence-electron chi connectivity index (χ3n) is 4.97. The van der Waals surface area contributed by atoms with Crippen LogP contribution < -0.4 is 4.90 Å². The molecule has 3 heterocycles. The van der Waals surface area contributed by atoms with Crippen LogP contribution in [0.25, 0.3) is 17.2 Å². The van der Waals surface area contributed by atoms with E-state index in [0.717, 1.165) is 35.9 Å². The van der Waals surface area contributed by atoms with Gasteiger partial charge in [-0.3, -0.25) is 4.79 Å². The van der Waals surface area contributed by atoms with E-state index in [1.807, 2.05) is 42.2 Å². The molecule has 0 atom stereocenters. The van der Waals surface area contributed by atoms with Crippen molar-refractivity contribution in [1.82, 2.24) is 19.9 Å². The molecular weight excluding hydrogens is 366 g/mol. The SMILES string of the molecule is Cc1cc(N2CCN(C(=O)/C=C/c3nc4ccccc4o3)CC2)nc(C(C)C)n1. The van der Waals surface area contributed by atoms with Crippen LogP contribution in [-0.4, -0.2) is 51.9 Å². The molecule has 0 spiro atoms. The molecule has 1 amide bonds. The van der Waals surface area contributed by atoms with Gasteiger partial charge in [0.05, 0.1) is 0 Å². The molecule has 1 aliphatic heterocycles. The van der Waals surface area contributed by atoms with Crippen LogP contribution in [-0.2, 0) is 4.79 Å². The molecule has 1 aliphatic rings. The number of rotatable bonds is 4. The Kier molecular flexibility index (Phi) is 5.29. The number of benzene rings is 1. The van der Waals surface area contributed by atoms with Gasteiger partial charge in [0.2, 0.25) is 11.8 Å². The van der Waals surface area contributed by atoms with Crippen LogP contribution in [0.5, 0.6) is 0 Å². The van der Waals surface area contributed by atoms with Gasteiger partial charge in [-0.2, -0.15) is 0 Å². The maximum Gasteiger partial charge on any atom is 0.246 e. The highest BCUT2D eigenvalue weighted by molar-refractivity contribution is 5.91. The summed E-state index contributed by atoms with van der Waals surface area (Å²) in [5.41, 5.74) is 2.47. The smallest absolute Gasteiger partial charge is 0.246 e. The number of para-hydroxylation sites is 2. The number of nitrogens with zero attached hydrogens (tertiary/aromatic N) is 5. The molecule has 7 nitrogen and oxygen atoms in total. The van der Waals surface area contributed by atoms with Crippen molar-refractivity contribution in [1.29, 1.82) is 0 Å². The lowest BCUT2D eigenvalue weighted by Gasteiger charge is -2.35. The van der Waals surface area contributed by atoms with Crippen molar-refractivity contribution >= 4 is 28.9 Å². The first-order chi connectivity index (χ1) is 14.0. The van der Waals surface area contributed by atoms with Crippen molar-refractivity contribution in [3.8, 4) is 0 Å². The zero-order valence-corrected chi connectivity index (χ0v) is 17.0. The van der Waals surface area contributed by atoms with Gasteiger partial charge in [-0.05, 0) is 19.1 Å². The summed E-state index contributed by atoms with van der Waals surface area (Å²) >= 11 is 0. The van der Waals surface area contributed by atoms with Crippen molar-refractivity contribution in [3.63, 3.8) is 0 Å². The highest BCUT2D eigenvalue weighted by atomic mass is 16.3. The van der Waals surface area contributed by atoms with Crippen LogP contribution in [0.15, 0.2) is 40.8 Å². The first kappa shape index (κ1) is 19.1. The minimum atomic E-state index is -0.0337. The molecule has 29 heavy (non-hydrogen) atoms. The third-order valence-corrected chi connectivity index (χ3v) is 4.97. The number of aryl methyl sites for hydroxylation is 1. The van der Waals surface area contributed by atoms with Crippen molar-refractivity contribution < 1.29 is 9.21 Å². The van der Waals surface area contributed by atoms with Crippen molar-refractivity contribution in [2.24, 2.45) is 0 Å². The fourth-order valence-electron chi connectivity index (χ4n) is 3.36. The Bertz CT molecular complexity index is 1020. The molecule has 1 saturated heterocycles. The average molecular weight is 391 g/mol. The number of amides is 1. The molecule has 7 heteroatoms. The lowest BCUT2D eigenvalue weighted by atomic mass is 10.2. The molecular formula is C22H25N5O2. The van der Waals surface area contributed by atoms with E-state index in [1.165, 1.54) is 6.08 Å². The summed E-state index contributed by atoms with van der Waals surface area (Å²) in [6, 6.07) is 9.56. The fraction of sp³-hybridized carbons (Fsp3) is 0.364. The van der Waals surface area contributed by atoms with E-state index in [9.17, 15) is 4.79 Å². The summed E-state index contributed by atoms with van der Waals surface area (Å²) in [5.74, 6) is 2.49. The van der Waals surface area contributed by atoms with Gasteiger partial charge in [-0.1, -0.05) is 26.0 Å². The normalized spacial score (nSPS) is 15.0. The first-order valence-corrected chi connectivity index (χ1v) is 9.92. The highest BCUT2D eigenvalue weighted by Crippen LogP contribution is 2.19. The Morgan fingerprint density at radius 1 is 1.10 bits per heavy atom. The molecule has 4 rings (SSSR count). The van der Waals surface area contributed by atoms with Gasteiger partial charge < -0.3 is 14.2 Å². The number of carbonyl (C=O) groups excluding carboxylic acids is 1. The van der Waals surface area contributed by atoms with Crippen molar-refractivity contribution in [2.45, 2.75) is 26.7 Å². The Morgan fingerprint density at radius 3 is 2.59 bits per heavy atom. The zero-order valence-electron chi connectivity index (χ0n) is 17.0. The summed E-state index contributed by atoms with van der Waals surface area (Å²) in [4.78, 5) is 30.2. The number of fused-ring (bicyclic) bond motifs is 1.